The molecule has 0 atom stereocenters. The Morgan fingerprint density at radius 2 is 1.61 bits per heavy atom. The Bertz CT molecular complexity index is 1290. The fraction of sp³-hybridized carbons (Fsp3) is 0.125. The van der Waals surface area contributed by atoms with Crippen molar-refractivity contribution in [2.24, 2.45) is 0 Å². The molecule has 1 aromatic heterocycles. The van der Waals surface area contributed by atoms with E-state index in [2.05, 4.69) is 15.3 Å². The average Bonchev–Trinajstić information content (AvgIpc) is 2.79. The highest BCUT2D eigenvalue weighted by Crippen LogP contribution is 2.31. The summed E-state index contributed by atoms with van der Waals surface area (Å²) in [5, 5.41) is 3.01. The van der Waals surface area contributed by atoms with Gasteiger partial charge in [-0.2, -0.15) is 13.2 Å². The van der Waals surface area contributed by atoms with Gasteiger partial charge in [0.2, 0.25) is 5.91 Å². The van der Waals surface area contributed by atoms with Gasteiger partial charge in [-0.15, -0.1) is 0 Å². The molecule has 0 radical (unpaired) electrons. The standard InChI is InChI=1S/C24H17F4N3OS/c25-17-10-8-15(9-11-17)12-21-23(31-20-7-2-1-6-19(20)30-21)33-14-22(32)29-18-5-3-4-16(13-18)24(26,27)28/h1-11,13H,12,14H2,(H,29,32). The molecule has 0 unspecified atom stereocenters. The van der Waals surface area contributed by atoms with Crippen molar-refractivity contribution >= 4 is 34.4 Å². The molecule has 33 heavy (non-hydrogen) atoms. The number of halogens is 4. The fourth-order valence-electron chi connectivity index (χ4n) is 3.15. The molecule has 0 aliphatic carbocycles. The van der Waals surface area contributed by atoms with Crippen LogP contribution in [-0.2, 0) is 17.4 Å². The number of nitrogens with one attached hydrogen (secondary N) is 1. The van der Waals surface area contributed by atoms with Crippen LogP contribution in [0.25, 0.3) is 11.0 Å². The van der Waals surface area contributed by atoms with E-state index in [4.69, 9.17) is 0 Å². The number of para-hydroxylation sites is 2. The number of carbonyl (C=O) groups is 1. The number of thioether (sulfide) groups is 1. The second-order valence-corrected chi connectivity index (χ2v) is 8.15. The smallest absolute Gasteiger partial charge is 0.325 e. The molecule has 0 spiro atoms. The SMILES string of the molecule is O=C(CSc1nc2ccccc2nc1Cc1ccc(F)cc1)Nc1cccc(C(F)(F)F)c1. The summed E-state index contributed by atoms with van der Waals surface area (Å²) in [7, 11) is 0. The normalized spacial score (nSPS) is 11.5. The number of benzene rings is 3. The molecular weight excluding hydrogens is 454 g/mol. The van der Waals surface area contributed by atoms with Gasteiger partial charge in [-0.05, 0) is 48.0 Å². The molecule has 168 valence electrons. The zero-order chi connectivity index (χ0) is 23.4. The Balaban J connectivity index is 1.52. The fourth-order valence-corrected chi connectivity index (χ4v) is 3.94. The molecule has 0 aliphatic heterocycles. The number of fused-ring (bicyclic) bond motifs is 1. The van der Waals surface area contributed by atoms with Crippen LogP contribution < -0.4 is 5.32 Å². The zero-order valence-electron chi connectivity index (χ0n) is 17.1. The summed E-state index contributed by atoms with van der Waals surface area (Å²) in [6.07, 6.45) is -4.11. The Kier molecular flexibility index (Phi) is 6.60. The van der Waals surface area contributed by atoms with Gasteiger partial charge in [0.25, 0.3) is 0 Å². The van der Waals surface area contributed by atoms with Crippen molar-refractivity contribution in [2.75, 3.05) is 11.1 Å². The molecule has 3 aromatic carbocycles. The Morgan fingerprint density at radius 3 is 2.30 bits per heavy atom. The number of hydrogen-bond acceptors (Lipinski definition) is 4. The Morgan fingerprint density at radius 1 is 0.909 bits per heavy atom. The van der Waals surface area contributed by atoms with Crippen LogP contribution in [0.5, 0.6) is 0 Å². The van der Waals surface area contributed by atoms with Gasteiger partial charge in [0.05, 0.1) is 28.0 Å². The second-order valence-electron chi connectivity index (χ2n) is 7.18. The van der Waals surface area contributed by atoms with Crippen LogP contribution in [0, 0.1) is 5.82 Å². The van der Waals surface area contributed by atoms with Gasteiger partial charge in [-0.3, -0.25) is 4.79 Å². The van der Waals surface area contributed by atoms with Crippen LogP contribution in [0.15, 0.2) is 77.8 Å². The Hall–Kier alpha value is -3.46. The zero-order valence-corrected chi connectivity index (χ0v) is 17.9. The average molecular weight is 471 g/mol. The molecule has 0 saturated carbocycles. The minimum atomic E-state index is -4.49. The van der Waals surface area contributed by atoms with E-state index in [1.807, 2.05) is 18.2 Å². The number of carbonyl (C=O) groups excluding carboxylic acids is 1. The second kappa shape index (κ2) is 9.58. The van der Waals surface area contributed by atoms with E-state index >= 15 is 0 Å². The molecule has 1 amide bonds. The van der Waals surface area contributed by atoms with Gasteiger partial charge < -0.3 is 5.32 Å². The van der Waals surface area contributed by atoms with Crippen LogP contribution >= 0.6 is 11.8 Å². The summed E-state index contributed by atoms with van der Waals surface area (Å²) in [5.74, 6) is -0.883. The molecule has 1 heterocycles. The van der Waals surface area contributed by atoms with Gasteiger partial charge in [0.15, 0.2) is 0 Å². The van der Waals surface area contributed by atoms with E-state index in [1.165, 1.54) is 24.3 Å². The van der Waals surface area contributed by atoms with Crippen LogP contribution in [0.2, 0.25) is 0 Å². The summed E-state index contributed by atoms with van der Waals surface area (Å²) >= 11 is 1.14. The third-order valence-corrected chi connectivity index (χ3v) is 5.71. The van der Waals surface area contributed by atoms with Crippen LogP contribution in [0.4, 0.5) is 23.2 Å². The van der Waals surface area contributed by atoms with Crippen molar-refractivity contribution in [2.45, 2.75) is 17.6 Å². The van der Waals surface area contributed by atoms with E-state index in [0.717, 1.165) is 29.5 Å². The van der Waals surface area contributed by atoms with Gasteiger partial charge in [-0.25, -0.2) is 14.4 Å². The van der Waals surface area contributed by atoms with E-state index < -0.39 is 17.6 Å². The lowest BCUT2D eigenvalue weighted by molar-refractivity contribution is -0.137. The van der Waals surface area contributed by atoms with Crippen LogP contribution in [0.1, 0.15) is 16.8 Å². The number of alkyl halides is 3. The first-order chi connectivity index (χ1) is 15.8. The lowest BCUT2D eigenvalue weighted by Gasteiger charge is -2.11. The number of hydrogen-bond donors (Lipinski definition) is 1. The highest BCUT2D eigenvalue weighted by Gasteiger charge is 2.30. The molecular formula is C24H17F4N3OS. The number of rotatable bonds is 6. The summed E-state index contributed by atoms with van der Waals surface area (Å²) < 4.78 is 51.9. The highest BCUT2D eigenvalue weighted by molar-refractivity contribution is 8.00. The first kappa shape index (κ1) is 22.7. The third-order valence-electron chi connectivity index (χ3n) is 4.70. The van der Waals surface area contributed by atoms with Gasteiger partial charge in [0, 0.05) is 12.1 Å². The van der Waals surface area contributed by atoms with E-state index in [9.17, 15) is 22.4 Å². The molecule has 9 heteroatoms. The van der Waals surface area contributed by atoms with Gasteiger partial charge in [-0.1, -0.05) is 42.1 Å². The van der Waals surface area contributed by atoms with Crippen molar-refractivity contribution in [1.29, 1.82) is 0 Å². The number of nitrogens with zero attached hydrogens (tertiary/aromatic N) is 2. The molecule has 0 saturated heterocycles. The molecule has 0 fully saturated rings. The minimum Gasteiger partial charge on any atom is -0.325 e. The summed E-state index contributed by atoms with van der Waals surface area (Å²) in [6, 6.07) is 17.8. The number of amides is 1. The lowest BCUT2D eigenvalue weighted by atomic mass is 10.1. The number of anilines is 1. The maximum atomic E-state index is 13.3. The Labute approximate surface area is 191 Å². The molecule has 4 nitrogen and oxygen atoms in total. The predicted molar refractivity (Wildman–Crippen MR) is 120 cm³/mol. The number of aromatic nitrogens is 2. The van der Waals surface area contributed by atoms with Crippen LogP contribution in [-0.4, -0.2) is 21.6 Å². The lowest BCUT2D eigenvalue weighted by Crippen LogP contribution is -2.15. The van der Waals surface area contributed by atoms with E-state index in [0.29, 0.717) is 28.2 Å². The van der Waals surface area contributed by atoms with Gasteiger partial charge >= 0.3 is 6.18 Å². The third kappa shape index (κ3) is 5.87. The molecule has 1 N–H and O–H groups in total. The largest absolute Gasteiger partial charge is 0.416 e. The summed E-state index contributed by atoms with van der Waals surface area (Å²) in [4.78, 5) is 21.7. The van der Waals surface area contributed by atoms with Crippen molar-refractivity contribution < 1.29 is 22.4 Å². The van der Waals surface area contributed by atoms with E-state index in [1.54, 1.807) is 18.2 Å². The molecule has 0 aliphatic rings. The molecule has 0 bridgehead atoms. The minimum absolute atomic E-state index is 0.0616. The van der Waals surface area contributed by atoms with Crippen molar-refractivity contribution in [3.05, 3.63) is 95.4 Å². The van der Waals surface area contributed by atoms with Gasteiger partial charge in [0.1, 0.15) is 10.8 Å². The summed E-state index contributed by atoms with van der Waals surface area (Å²) in [6.45, 7) is 0. The van der Waals surface area contributed by atoms with Crippen molar-refractivity contribution in [3.63, 3.8) is 0 Å². The molecule has 4 aromatic rings. The first-order valence-corrected chi connectivity index (χ1v) is 10.9. The topological polar surface area (TPSA) is 54.9 Å². The summed E-state index contributed by atoms with van der Waals surface area (Å²) in [5.41, 5.74) is 2.02. The molecule has 4 rings (SSSR count). The van der Waals surface area contributed by atoms with Crippen molar-refractivity contribution in [1.82, 2.24) is 9.97 Å². The maximum Gasteiger partial charge on any atom is 0.416 e. The van der Waals surface area contributed by atoms with E-state index in [-0.39, 0.29) is 17.3 Å². The maximum absolute atomic E-state index is 13.3. The van der Waals surface area contributed by atoms with Crippen LogP contribution in [0.3, 0.4) is 0 Å². The highest BCUT2D eigenvalue weighted by atomic mass is 32.2. The first-order valence-electron chi connectivity index (χ1n) is 9.88. The van der Waals surface area contributed by atoms with Crippen molar-refractivity contribution in [3.8, 4) is 0 Å². The monoisotopic (exact) mass is 471 g/mol. The predicted octanol–water partition coefficient (Wildman–Crippen LogP) is 6.11. The quantitative estimate of drug-likeness (QED) is 0.272.